The smallest absolute Gasteiger partial charge is 0.872 e. The molecule has 0 radical (unpaired) electrons. The molecule has 0 aliphatic heterocycles. The van der Waals surface area contributed by atoms with Gasteiger partial charge in [-0.05, 0) is 34.7 Å². The van der Waals surface area contributed by atoms with Crippen LogP contribution in [0, 0.1) is 3.57 Å². The standard InChI is InChI=1S/C6H5IO.Li/c7-5-1-3-6(8)4-2-5;/h1-4,8H;/q;+1/p-1. The summed E-state index contributed by atoms with van der Waals surface area (Å²) in [6.45, 7) is 0. The van der Waals surface area contributed by atoms with Gasteiger partial charge in [-0.25, -0.2) is 0 Å². The van der Waals surface area contributed by atoms with E-state index >= 15 is 0 Å². The van der Waals surface area contributed by atoms with Crippen molar-refractivity contribution in [3.05, 3.63) is 27.8 Å². The Bertz CT molecular complexity index is 152. The summed E-state index contributed by atoms with van der Waals surface area (Å²) in [6.07, 6.45) is 0. The van der Waals surface area contributed by atoms with Crippen LogP contribution in [-0.2, 0) is 0 Å². The van der Waals surface area contributed by atoms with Crippen LogP contribution in [0.15, 0.2) is 24.3 Å². The van der Waals surface area contributed by atoms with Crippen LogP contribution < -0.4 is 24.0 Å². The molecule has 0 heterocycles. The summed E-state index contributed by atoms with van der Waals surface area (Å²) in [4.78, 5) is 0. The van der Waals surface area contributed by atoms with Crippen molar-refractivity contribution in [3.63, 3.8) is 0 Å². The van der Waals surface area contributed by atoms with Crippen molar-refractivity contribution in [2.45, 2.75) is 0 Å². The predicted octanol–water partition coefficient (Wildman–Crippen LogP) is -1.63. The van der Waals surface area contributed by atoms with Gasteiger partial charge in [-0.3, -0.25) is 0 Å². The van der Waals surface area contributed by atoms with E-state index in [0.717, 1.165) is 3.57 Å². The summed E-state index contributed by atoms with van der Waals surface area (Å²) in [7, 11) is 0. The van der Waals surface area contributed by atoms with Crippen molar-refractivity contribution in [3.8, 4) is 5.75 Å². The minimum Gasteiger partial charge on any atom is -0.872 e. The van der Waals surface area contributed by atoms with Gasteiger partial charge in [0.25, 0.3) is 0 Å². The van der Waals surface area contributed by atoms with Gasteiger partial charge < -0.3 is 5.11 Å². The van der Waals surface area contributed by atoms with Crippen LogP contribution in [-0.4, -0.2) is 0 Å². The first-order valence-corrected chi connectivity index (χ1v) is 3.29. The zero-order valence-corrected chi connectivity index (χ0v) is 7.25. The average Bonchev–Trinajstić information content (AvgIpc) is 1.77. The summed E-state index contributed by atoms with van der Waals surface area (Å²) in [5.41, 5.74) is 0. The number of rotatable bonds is 0. The normalized spacial score (nSPS) is 8.11. The Morgan fingerprint density at radius 2 is 1.56 bits per heavy atom. The summed E-state index contributed by atoms with van der Waals surface area (Å²) < 4.78 is 1.10. The van der Waals surface area contributed by atoms with E-state index in [9.17, 15) is 5.11 Å². The van der Waals surface area contributed by atoms with Crippen LogP contribution in [0.2, 0.25) is 0 Å². The first-order chi connectivity index (χ1) is 3.79. The molecule has 0 spiro atoms. The summed E-state index contributed by atoms with van der Waals surface area (Å²) in [6, 6.07) is 6.70. The van der Waals surface area contributed by atoms with Gasteiger partial charge in [0, 0.05) is 3.57 Å². The van der Waals surface area contributed by atoms with Crippen LogP contribution in [0.3, 0.4) is 0 Å². The molecule has 9 heavy (non-hydrogen) atoms. The second-order valence-electron chi connectivity index (χ2n) is 1.45. The van der Waals surface area contributed by atoms with Crippen molar-refractivity contribution in [1.82, 2.24) is 0 Å². The van der Waals surface area contributed by atoms with E-state index < -0.39 is 0 Å². The molecule has 0 N–H and O–H groups in total. The number of hydrogen-bond donors (Lipinski definition) is 0. The Morgan fingerprint density at radius 1 is 1.11 bits per heavy atom. The van der Waals surface area contributed by atoms with Crippen molar-refractivity contribution < 1.29 is 24.0 Å². The molecule has 0 saturated carbocycles. The van der Waals surface area contributed by atoms with Gasteiger partial charge in [0.15, 0.2) is 0 Å². The second-order valence-corrected chi connectivity index (χ2v) is 2.70. The summed E-state index contributed by atoms with van der Waals surface area (Å²) >= 11 is 2.16. The van der Waals surface area contributed by atoms with Crippen molar-refractivity contribution in [2.24, 2.45) is 0 Å². The van der Waals surface area contributed by atoms with Gasteiger partial charge in [0.1, 0.15) is 0 Å². The second kappa shape index (κ2) is 4.21. The Labute approximate surface area is 79.8 Å². The molecule has 42 valence electrons. The minimum absolute atomic E-state index is 0. The zero-order chi connectivity index (χ0) is 5.98. The Hall–Kier alpha value is 0.347. The molecular formula is C6H4ILiO. The Kier molecular flexibility index (Phi) is 4.37. The van der Waals surface area contributed by atoms with Crippen LogP contribution in [0.4, 0.5) is 0 Å². The fourth-order valence-electron chi connectivity index (χ4n) is 0.435. The van der Waals surface area contributed by atoms with Crippen molar-refractivity contribution >= 4 is 22.6 Å². The largest absolute Gasteiger partial charge is 1.00 e. The molecule has 0 atom stereocenters. The van der Waals surface area contributed by atoms with Gasteiger partial charge in [-0.15, -0.1) is 5.75 Å². The zero-order valence-electron chi connectivity index (χ0n) is 5.10. The quantitative estimate of drug-likeness (QED) is 0.384. The molecule has 0 bridgehead atoms. The van der Waals surface area contributed by atoms with Gasteiger partial charge >= 0.3 is 18.9 Å². The van der Waals surface area contributed by atoms with E-state index in [-0.39, 0.29) is 24.6 Å². The molecule has 0 aliphatic rings. The molecule has 0 unspecified atom stereocenters. The van der Waals surface area contributed by atoms with Crippen LogP contribution >= 0.6 is 22.6 Å². The molecule has 3 heteroatoms. The van der Waals surface area contributed by atoms with E-state index in [1.807, 2.05) is 0 Å². The average molecular weight is 226 g/mol. The van der Waals surface area contributed by atoms with Gasteiger partial charge in [-0.2, -0.15) is 0 Å². The van der Waals surface area contributed by atoms with Gasteiger partial charge in [-0.1, -0.05) is 12.1 Å². The van der Waals surface area contributed by atoms with E-state index in [2.05, 4.69) is 22.6 Å². The maximum absolute atomic E-state index is 10.4. The maximum atomic E-state index is 10.4. The first-order valence-electron chi connectivity index (χ1n) is 2.21. The molecule has 0 saturated heterocycles. The summed E-state index contributed by atoms with van der Waals surface area (Å²) in [5.74, 6) is 0.0745. The van der Waals surface area contributed by atoms with Crippen LogP contribution in [0.1, 0.15) is 0 Å². The fraction of sp³-hybridized carbons (Fsp3) is 0. The van der Waals surface area contributed by atoms with Gasteiger partial charge in [0.2, 0.25) is 0 Å². The molecule has 0 aromatic heterocycles. The third-order valence-corrected chi connectivity index (χ3v) is 1.53. The summed E-state index contributed by atoms with van der Waals surface area (Å²) in [5, 5.41) is 10.4. The minimum atomic E-state index is 0. The number of halogens is 1. The van der Waals surface area contributed by atoms with Crippen molar-refractivity contribution in [1.29, 1.82) is 0 Å². The Balaban J connectivity index is 0.000000640. The number of hydrogen-bond acceptors (Lipinski definition) is 1. The van der Waals surface area contributed by atoms with Crippen LogP contribution in [0.5, 0.6) is 5.75 Å². The topological polar surface area (TPSA) is 23.1 Å². The SMILES string of the molecule is [Li+].[O-]c1ccc(I)cc1. The van der Waals surface area contributed by atoms with Crippen LogP contribution in [0.25, 0.3) is 0 Å². The maximum Gasteiger partial charge on any atom is 1.00 e. The van der Waals surface area contributed by atoms with E-state index in [0.29, 0.717) is 0 Å². The molecule has 1 aromatic carbocycles. The van der Waals surface area contributed by atoms with E-state index in [1.165, 1.54) is 0 Å². The molecule has 1 aromatic rings. The third-order valence-electron chi connectivity index (χ3n) is 0.814. The fourth-order valence-corrected chi connectivity index (χ4v) is 0.794. The Morgan fingerprint density at radius 3 is 1.89 bits per heavy atom. The van der Waals surface area contributed by atoms with Gasteiger partial charge in [0.05, 0.1) is 0 Å². The molecule has 1 rings (SSSR count). The van der Waals surface area contributed by atoms with Crippen molar-refractivity contribution in [2.75, 3.05) is 0 Å². The van der Waals surface area contributed by atoms with E-state index in [1.54, 1.807) is 24.3 Å². The third kappa shape index (κ3) is 3.14. The monoisotopic (exact) mass is 226 g/mol. The molecule has 0 aliphatic carbocycles. The molecule has 0 fully saturated rings. The predicted molar refractivity (Wildman–Crippen MR) is 38.6 cm³/mol. The molecular weight excluding hydrogens is 222 g/mol. The molecule has 0 amide bonds. The number of benzene rings is 1. The first kappa shape index (κ1) is 9.35. The van der Waals surface area contributed by atoms with E-state index in [4.69, 9.17) is 0 Å². The molecule has 1 nitrogen and oxygen atoms in total.